The summed E-state index contributed by atoms with van der Waals surface area (Å²) in [7, 11) is 0. The van der Waals surface area contributed by atoms with Crippen LogP contribution in [0.4, 0.5) is 0 Å². The van der Waals surface area contributed by atoms with Crippen LogP contribution in [-0.4, -0.2) is 26.4 Å². The molecule has 0 spiro atoms. The average Bonchev–Trinajstić information content (AvgIpc) is 2.34. The van der Waals surface area contributed by atoms with Crippen molar-refractivity contribution in [2.75, 3.05) is 5.75 Å². The molecule has 0 saturated carbocycles. The van der Waals surface area contributed by atoms with Gasteiger partial charge in [-0.15, -0.1) is 10.2 Å². The van der Waals surface area contributed by atoms with E-state index in [2.05, 4.69) is 34.5 Å². The van der Waals surface area contributed by atoms with E-state index in [1.54, 1.807) is 11.8 Å². The Hall–Kier alpha value is -0.580. The van der Waals surface area contributed by atoms with E-state index in [0.29, 0.717) is 5.92 Å². The Morgan fingerprint density at radius 3 is 2.90 bits per heavy atom. The molecule has 0 aliphatic heterocycles. The molecule has 1 N–H and O–H groups in total. The van der Waals surface area contributed by atoms with Crippen LogP contribution < -0.4 is 0 Å². The fourth-order valence-electron chi connectivity index (χ4n) is 0.455. The number of aromatic nitrogens is 4. The van der Waals surface area contributed by atoms with Gasteiger partial charge in [0, 0.05) is 5.75 Å². The molecular formula is C5H10N4S. The largest absolute Gasteiger partial charge is 0.230 e. The molecule has 1 aromatic heterocycles. The van der Waals surface area contributed by atoms with Crippen molar-refractivity contribution in [3.05, 3.63) is 0 Å². The molecule has 0 aliphatic rings. The van der Waals surface area contributed by atoms with Gasteiger partial charge in [-0.25, -0.2) is 0 Å². The molecule has 0 radical (unpaired) electrons. The SMILES string of the molecule is CC(C)CSc1nn[nH]n1. The van der Waals surface area contributed by atoms with Crippen LogP contribution in [0.2, 0.25) is 0 Å². The van der Waals surface area contributed by atoms with Crippen molar-refractivity contribution in [1.29, 1.82) is 0 Å². The summed E-state index contributed by atoms with van der Waals surface area (Å²) in [5, 5.41) is 14.2. The first-order chi connectivity index (χ1) is 4.79. The van der Waals surface area contributed by atoms with Crippen LogP contribution in [-0.2, 0) is 0 Å². The summed E-state index contributed by atoms with van der Waals surface area (Å²) in [6.07, 6.45) is 0. The van der Waals surface area contributed by atoms with Crippen LogP contribution in [0.1, 0.15) is 13.8 Å². The highest BCUT2D eigenvalue weighted by Gasteiger charge is 1.99. The topological polar surface area (TPSA) is 54.5 Å². The Labute approximate surface area is 63.8 Å². The number of nitrogens with zero attached hydrogens (tertiary/aromatic N) is 3. The Bertz CT molecular complexity index is 172. The van der Waals surface area contributed by atoms with Crippen molar-refractivity contribution in [2.24, 2.45) is 5.92 Å². The number of H-pyrrole nitrogens is 1. The number of hydrogen-bond acceptors (Lipinski definition) is 4. The van der Waals surface area contributed by atoms with Crippen molar-refractivity contribution in [3.8, 4) is 0 Å². The van der Waals surface area contributed by atoms with E-state index in [1.807, 2.05) is 0 Å². The molecule has 0 saturated heterocycles. The zero-order valence-corrected chi connectivity index (χ0v) is 6.85. The van der Waals surface area contributed by atoms with Crippen molar-refractivity contribution in [2.45, 2.75) is 19.0 Å². The van der Waals surface area contributed by atoms with E-state index in [-0.39, 0.29) is 0 Å². The molecule has 0 atom stereocenters. The first-order valence-electron chi connectivity index (χ1n) is 3.15. The van der Waals surface area contributed by atoms with Gasteiger partial charge in [-0.1, -0.05) is 25.6 Å². The van der Waals surface area contributed by atoms with E-state index < -0.39 is 0 Å². The van der Waals surface area contributed by atoms with Gasteiger partial charge in [0.15, 0.2) is 0 Å². The van der Waals surface area contributed by atoms with Gasteiger partial charge in [0.1, 0.15) is 0 Å². The maximum atomic E-state index is 3.80. The number of nitrogens with one attached hydrogen (secondary N) is 1. The van der Waals surface area contributed by atoms with Crippen LogP contribution in [0, 0.1) is 5.92 Å². The summed E-state index contributed by atoms with van der Waals surface area (Å²) in [5.74, 6) is 1.71. The zero-order valence-electron chi connectivity index (χ0n) is 6.03. The second-order valence-electron chi connectivity index (χ2n) is 2.40. The summed E-state index contributed by atoms with van der Waals surface area (Å²) in [4.78, 5) is 0. The molecule has 4 nitrogen and oxygen atoms in total. The van der Waals surface area contributed by atoms with Crippen LogP contribution in [0.5, 0.6) is 0 Å². The van der Waals surface area contributed by atoms with Gasteiger partial charge in [-0.2, -0.15) is 5.21 Å². The van der Waals surface area contributed by atoms with Crippen LogP contribution in [0.25, 0.3) is 0 Å². The second kappa shape index (κ2) is 3.55. The molecule has 0 aromatic carbocycles. The summed E-state index contributed by atoms with van der Waals surface area (Å²) >= 11 is 1.62. The van der Waals surface area contributed by atoms with E-state index in [0.717, 1.165) is 10.9 Å². The molecule has 10 heavy (non-hydrogen) atoms. The van der Waals surface area contributed by atoms with Crippen LogP contribution in [0.15, 0.2) is 5.16 Å². The second-order valence-corrected chi connectivity index (χ2v) is 3.39. The molecule has 5 heteroatoms. The highest BCUT2D eigenvalue weighted by atomic mass is 32.2. The Kier molecular flexibility index (Phi) is 2.68. The van der Waals surface area contributed by atoms with E-state index in [9.17, 15) is 0 Å². The number of aromatic amines is 1. The fraction of sp³-hybridized carbons (Fsp3) is 0.800. The zero-order chi connectivity index (χ0) is 7.40. The van der Waals surface area contributed by atoms with Gasteiger partial charge < -0.3 is 0 Å². The fourth-order valence-corrected chi connectivity index (χ4v) is 1.14. The highest BCUT2D eigenvalue weighted by molar-refractivity contribution is 7.99. The third-order valence-electron chi connectivity index (χ3n) is 0.872. The highest BCUT2D eigenvalue weighted by Crippen LogP contribution is 2.13. The summed E-state index contributed by atoms with van der Waals surface area (Å²) in [6, 6.07) is 0. The van der Waals surface area contributed by atoms with Crippen LogP contribution >= 0.6 is 11.8 Å². The van der Waals surface area contributed by atoms with Gasteiger partial charge in [0.05, 0.1) is 0 Å². The smallest absolute Gasteiger partial charge is 0.176 e. The lowest BCUT2D eigenvalue weighted by atomic mass is 10.3. The number of hydrogen-bond donors (Lipinski definition) is 1. The molecular weight excluding hydrogens is 148 g/mol. The maximum absolute atomic E-state index is 3.80. The number of thioether (sulfide) groups is 1. The minimum Gasteiger partial charge on any atom is -0.176 e. The lowest BCUT2D eigenvalue weighted by molar-refractivity contribution is 0.748. The average molecular weight is 158 g/mol. The standard InChI is InChI=1S/C5H10N4S/c1-4(2)3-10-5-6-8-9-7-5/h4H,3H2,1-2H3,(H,6,7,8,9). The third-order valence-corrected chi connectivity index (χ3v) is 2.14. The summed E-state index contributed by atoms with van der Waals surface area (Å²) in [5.41, 5.74) is 0. The minimum atomic E-state index is 0.670. The first-order valence-corrected chi connectivity index (χ1v) is 4.14. The molecule has 0 unspecified atom stereocenters. The number of tetrazole rings is 1. The summed E-state index contributed by atoms with van der Waals surface area (Å²) < 4.78 is 0. The number of rotatable bonds is 3. The molecule has 56 valence electrons. The van der Waals surface area contributed by atoms with Crippen molar-refractivity contribution >= 4 is 11.8 Å². The normalized spacial score (nSPS) is 10.7. The Balaban J connectivity index is 2.28. The van der Waals surface area contributed by atoms with E-state index >= 15 is 0 Å². The van der Waals surface area contributed by atoms with Crippen molar-refractivity contribution < 1.29 is 0 Å². The molecule has 0 fully saturated rings. The minimum absolute atomic E-state index is 0.670. The van der Waals surface area contributed by atoms with Gasteiger partial charge >= 0.3 is 0 Å². The molecule has 1 rings (SSSR count). The quantitative estimate of drug-likeness (QED) is 0.665. The van der Waals surface area contributed by atoms with Crippen molar-refractivity contribution in [1.82, 2.24) is 20.6 Å². The first kappa shape index (κ1) is 7.53. The predicted octanol–water partition coefficient (Wildman–Crippen LogP) is 0.948. The lowest BCUT2D eigenvalue weighted by Gasteiger charge is -1.97. The van der Waals surface area contributed by atoms with E-state index in [4.69, 9.17) is 0 Å². The van der Waals surface area contributed by atoms with Gasteiger partial charge in [-0.3, -0.25) is 0 Å². The molecule has 1 heterocycles. The van der Waals surface area contributed by atoms with Crippen LogP contribution in [0.3, 0.4) is 0 Å². The van der Waals surface area contributed by atoms with Gasteiger partial charge in [-0.05, 0) is 11.1 Å². The summed E-state index contributed by atoms with van der Waals surface area (Å²) in [6.45, 7) is 4.32. The monoisotopic (exact) mass is 158 g/mol. The lowest BCUT2D eigenvalue weighted by Crippen LogP contribution is -1.90. The van der Waals surface area contributed by atoms with Gasteiger partial charge in [0.2, 0.25) is 5.16 Å². The maximum Gasteiger partial charge on any atom is 0.230 e. The Morgan fingerprint density at radius 2 is 2.40 bits per heavy atom. The van der Waals surface area contributed by atoms with E-state index in [1.165, 1.54) is 0 Å². The predicted molar refractivity (Wildman–Crippen MR) is 39.7 cm³/mol. The Morgan fingerprint density at radius 1 is 1.60 bits per heavy atom. The third kappa shape index (κ3) is 2.34. The molecule has 0 aliphatic carbocycles. The molecule has 0 amide bonds. The van der Waals surface area contributed by atoms with Crippen molar-refractivity contribution in [3.63, 3.8) is 0 Å². The molecule has 1 aromatic rings. The molecule has 0 bridgehead atoms. The van der Waals surface area contributed by atoms with Gasteiger partial charge in [0.25, 0.3) is 0 Å².